The summed E-state index contributed by atoms with van der Waals surface area (Å²) < 4.78 is 31.5. The van der Waals surface area contributed by atoms with Crippen LogP contribution in [0.25, 0.3) is 0 Å². The molecule has 0 N–H and O–H groups in total. The van der Waals surface area contributed by atoms with Crippen molar-refractivity contribution in [2.75, 3.05) is 12.0 Å². The minimum atomic E-state index is -3.87. The van der Waals surface area contributed by atoms with Crippen molar-refractivity contribution in [2.24, 2.45) is 5.92 Å². The summed E-state index contributed by atoms with van der Waals surface area (Å²) in [6.07, 6.45) is 7.11. The maximum atomic E-state index is 12.8. The largest absolute Gasteiger partial charge is 0.306 e. The van der Waals surface area contributed by atoms with Crippen LogP contribution < -0.4 is 0 Å². The fraction of sp³-hybridized carbons (Fsp3) is 0.632. The van der Waals surface area contributed by atoms with E-state index in [0.29, 0.717) is 0 Å². The molecule has 1 aliphatic carbocycles. The van der Waals surface area contributed by atoms with Crippen molar-refractivity contribution in [3.05, 3.63) is 29.8 Å². The van der Waals surface area contributed by atoms with E-state index >= 15 is 0 Å². The minimum Gasteiger partial charge on any atom is -0.298 e. The molecule has 0 saturated heterocycles. The second kappa shape index (κ2) is 8.23. The van der Waals surface area contributed by atoms with Gasteiger partial charge in [-0.05, 0) is 38.2 Å². The van der Waals surface area contributed by atoms with Crippen molar-refractivity contribution in [2.45, 2.75) is 63.0 Å². The molecule has 1 aromatic rings. The molecular weight excluding hydrogens is 356 g/mol. The van der Waals surface area contributed by atoms with Gasteiger partial charge in [0.2, 0.25) is 0 Å². The van der Waals surface area contributed by atoms with Gasteiger partial charge in [-0.3, -0.25) is 4.79 Å². The Hall–Kier alpha value is -0.850. The van der Waals surface area contributed by atoms with Crippen LogP contribution in [0.15, 0.2) is 29.2 Å². The lowest BCUT2D eigenvalue weighted by molar-refractivity contribution is -0.119. The molecule has 1 atom stereocenters. The van der Waals surface area contributed by atoms with Gasteiger partial charge >= 0.3 is 10.1 Å². The molecule has 0 spiro atoms. The zero-order valence-corrected chi connectivity index (χ0v) is 17.3. The molecule has 1 fully saturated rings. The minimum absolute atomic E-state index is 0.0854. The predicted octanol–water partition coefficient (Wildman–Crippen LogP) is 4.61. The summed E-state index contributed by atoms with van der Waals surface area (Å²) in [6, 6.07) is 6.69. The number of rotatable bonds is 7. The highest BCUT2D eigenvalue weighted by molar-refractivity contribution is 8.33. The van der Waals surface area contributed by atoms with Gasteiger partial charge in [-0.2, -0.15) is 8.42 Å². The Bertz CT molecular complexity index is 689. The van der Waals surface area contributed by atoms with Crippen molar-refractivity contribution < 1.29 is 16.8 Å². The molecule has 0 amide bonds. The van der Waals surface area contributed by atoms with Gasteiger partial charge in [0, 0.05) is 11.2 Å². The van der Waals surface area contributed by atoms with Gasteiger partial charge in [0.25, 0.3) is 0 Å². The summed E-state index contributed by atoms with van der Waals surface area (Å²) in [5.41, 5.74) is 0.997. The third kappa shape index (κ3) is 5.31. The lowest BCUT2D eigenvalue weighted by Crippen LogP contribution is -2.31. The summed E-state index contributed by atoms with van der Waals surface area (Å²) in [6.45, 7) is 5.63. The van der Waals surface area contributed by atoms with Crippen LogP contribution in [-0.2, 0) is 18.5 Å². The van der Waals surface area contributed by atoms with Gasteiger partial charge in [-0.15, -0.1) is 10.3 Å². The predicted molar refractivity (Wildman–Crippen MR) is 105 cm³/mol. The lowest BCUT2D eigenvalue weighted by atomic mass is 10.0. The van der Waals surface area contributed by atoms with Gasteiger partial charge in [-0.25, -0.2) is 3.63 Å². The van der Waals surface area contributed by atoms with E-state index in [1.165, 1.54) is 6.42 Å². The van der Waals surface area contributed by atoms with E-state index in [0.717, 1.165) is 31.2 Å². The van der Waals surface area contributed by atoms with E-state index in [1.807, 2.05) is 27.0 Å². The molecule has 1 unspecified atom stereocenters. The first-order valence-electron chi connectivity index (χ1n) is 8.94. The number of carbonyl (C=O) groups excluding carboxylic acids is 1. The van der Waals surface area contributed by atoms with Crippen molar-refractivity contribution >= 4 is 26.2 Å². The monoisotopic (exact) mass is 386 g/mol. The normalized spacial score (nSPS) is 20.2. The SMILES string of the molecule is Cc1ccc(S(=O)(=O)OS(C)(CC(=O)C(C)C)C2CCCCC2)cc1. The number of ketones is 1. The number of hydrogen-bond donors (Lipinski definition) is 0. The second-order valence-corrected chi connectivity index (χ2v) is 12.5. The van der Waals surface area contributed by atoms with Gasteiger partial charge in [0.05, 0.1) is 10.6 Å². The Morgan fingerprint density at radius 3 is 2.20 bits per heavy atom. The zero-order chi connectivity index (χ0) is 18.7. The number of aryl methyl sites for hydroxylation is 1. The smallest absolute Gasteiger partial charge is 0.298 e. The molecule has 0 aromatic heterocycles. The third-order valence-electron chi connectivity index (χ3n) is 4.88. The van der Waals surface area contributed by atoms with Crippen molar-refractivity contribution in [1.82, 2.24) is 0 Å². The molecule has 6 heteroatoms. The summed E-state index contributed by atoms with van der Waals surface area (Å²) in [4.78, 5) is 12.6. The first-order valence-corrected chi connectivity index (χ1v) is 12.5. The van der Waals surface area contributed by atoms with Crippen LogP contribution in [0.3, 0.4) is 0 Å². The van der Waals surface area contributed by atoms with Crippen LogP contribution >= 0.6 is 10.3 Å². The van der Waals surface area contributed by atoms with Crippen molar-refractivity contribution in [3.8, 4) is 0 Å². The highest BCUT2D eigenvalue weighted by Gasteiger charge is 2.38. The molecule has 25 heavy (non-hydrogen) atoms. The highest BCUT2D eigenvalue weighted by Crippen LogP contribution is 2.57. The summed E-state index contributed by atoms with van der Waals surface area (Å²) in [7, 11) is -5.91. The van der Waals surface area contributed by atoms with Crippen LogP contribution in [0.2, 0.25) is 0 Å². The molecule has 2 rings (SSSR count). The molecule has 0 bridgehead atoms. The molecule has 0 heterocycles. The summed E-state index contributed by atoms with van der Waals surface area (Å²) in [5, 5.41) is 0.171. The highest BCUT2D eigenvalue weighted by atomic mass is 32.3. The Morgan fingerprint density at radius 2 is 1.68 bits per heavy atom. The standard InChI is InChI=1S/C19H30O4S2/c1-15(2)19(20)14-24(4,17-8-6-5-7-9-17)23-25(21,22)18-12-10-16(3)11-13-18/h10-13,15,17H,5-9,14H2,1-4H3. The van der Waals surface area contributed by atoms with Crippen LogP contribution in [0.4, 0.5) is 0 Å². The van der Waals surface area contributed by atoms with Crippen LogP contribution in [-0.4, -0.2) is 31.5 Å². The van der Waals surface area contributed by atoms with E-state index in [4.69, 9.17) is 3.63 Å². The van der Waals surface area contributed by atoms with Gasteiger partial charge < -0.3 is 0 Å². The lowest BCUT2D eigenvalue weighted by Gasteiger charge is -2.43. The second-order valence-electron chi connectivity index (χ2n) is 7.43. The Labute approximate surface area is 154 Å². The number of hydrogen-bond acceptors (Lipinski definition) is 4. The van der Waals surface area contributed by atoms with Crippen LogP contribution in [0.1, 0.15) is 51.5 Å². The van der Waals surface area contributed by atoms with Crippen LogP contribution in [0, 0.1) is 12.8 Å². The Balaban J connectivity index is 2.30. The van der Waals surface area contributed by atoms with Gasteiger partial charge in [0.1, 0.15) is 5.78 Å². The maximum absolute atomic E-state index is 12.8. The van der Waals surface area contributed by atoms with Gasteiger partial charge in [-0.1, -0.05) is 50.8 Å². The zero-order valence-electron chi connectivity index (χ0n) is 15.7. The molecule has 1 aliphatic rings. The average molecular weight is 387 g/mol. The molecule has 0 aliphatic heterocycles. The van der Waals surface area contributed by atoms with E-state index in [9.17, 15) is 13.2 Å². The first kappa shape index (κ1) is 20.5. The number of Topliss-reactive ketones (excluding diaryl/α,β-unsaturated/α-hetero) is 1. The average Bonchev–Trinajstić information content (AvgIpc) is 2.55. The fourth-order valence-corrected chi connectivity index (χ4v) is 8.68. The third-order valence-corrected chi connectivity index (χ3v) is 10.4. The van der Waals surface area contributed by atoms with Gasteiger partial charge in [0.15, 0.2) is 0 Å². The van der Waals surface area contributed by atoms with Crippen LogP contribution in [0.5, 0.6) is 0 Å². The summed E-state index contributed by atoms with van der Waals surface area (Å²) >= 11 is 0. The summed E-state index contributed by atoms with van der Waals surface area (Å²) in [5.74, 6) is 0.198. The fourth-order valence-electron chi connectivity index (χ4n) is 3.16. The number of benzene rings is 1. The maximum Gasteiger partial charge on any atom is 0.306 e. The van der Waals surface area contributed by atoms with Crippen molar-refractivity contribution in [1.29, 1.82) is 0 Å². The topological polar surface area (TPSA) is 60.4 Å². The Morgan fingerprint density at radius 1 is 1.12 bits per heavy atom. The van der Waals surface area contributed by atoms with Crippen molar-refractivity contribution in [3.63, 3.8) is 0 Å². The molecule has 0 radical (unpaired) electrons. The molecule has 4 nitrogen and oxygen atoms in total. The number of carbonyl (C=O) groups is 1. The van der Waals surface area contributed by atoms with E-state index in [1.54, 1.807) is 24.3 Å². The first-order chi connectivity index (χ1) is 11.6. The Kier molecular flexibility index (Phi) is 6.74. The van der Waals surface area contributed by atoms with E-state index < -0.39 is 20.4 Å². The van der Waals surface area contributed by atoms with E-state index in [-0.39, 0.29) is 27.6 Å². The molecule has 1 saturated carbocycles. The van der Waals surface area contributed by atoms with E-state index in [2.05, 4.69) is 0 Å². The molecular formula is C19H30O4S2. The quantitative estimate of drug-likeness (QED) is 0.687. The molecule has 1 aromatic carbocycles. The molecule has 142 valence electrons.